The Morgan fingerprint density at radius 2 is 2.09 bits per heavy atom. The Balaban J connectivity index is 1.78. The lowest BCUT2D eigenvalue weighted by molar-refractivity contribution is 0.214. The molecule has 5 heteroatoms. The van der Waals surface area contributed by atoms with E-state index in [0.29, 0.717) is 5.02 Å². The third-order valence-corrected chi connectivity index (χ3v) is 5.40. The molecule has 0 bridgehead atoms. The summed E-state index contributed by atoms with van der Waals surface area (Å²) >= 11 is 7.85. The monoisotopic (exact) mass is 346 g/mol. The lowest BCUT2D eigenvalue weighted by Crippen LogP contribution is -2.34. The Hall–Kier alpha value is -1.65. The molecule has 1 aliphatic heterocycles. The van der Waals surface area contributed by atoms with Crippen molar-refractivity contribution in [1.82, 2.24) is 4.90 Å². The van der Waals surface area contributed by atoms with Gasteiger partial charge in [0, 0.05) is 23.0 Å². The van der Waals surface area contributed by atoms with Crippen LogP contribution in [0.2, 0.25) is 5.02 Å². The van der Waals surface area contributed by atoms with Gasteiger partial charge in [-0.3, -0.25) is 0 Å². The highest BCUT2D eigenvalue weighted by molar-refractivity contribution is 7.99. The number of anilines is 1. The van der Waals surface area contributed by atoms with E-state index in [-0.39, 0.29) is 11.4 Å². The number of halogens is 1. The van der Waals surface area contributed by atoms with Crippen molar-refractivity contribution in [1.29, 1.82) is 0 Å². The van der Waals surface area contributed by atoms with Crippen LogP contribution in [0.25, 0.3) is 0 Å². The number of aryl methyl sites for hydroxylation is 2. The van der Waals surface area contributed by atoms with Gasteiger partial charge in [0.15, 0.2) is 0 Å². The molecule has 0 radical (unpaired) electrons. The summed E-state index contributed by atoms with van der Waals surface area (Å²) in [6.07, 6.45) is 0. The van der Waals surface area contributed by atoms with Crippen LogP contribution in [0.4, 0.5) is 10.5 Å². The normalized spacial score (nSPS) is 17.3. The fourth-order valence-electron chi connectivity index (χ4n) is 2.76. The number of carbonyl (C=O) groups excluding carboxylic acids is 1. The van der Waals surface area contributed by atoms with Crippen molar-refractivity contribution >= 4 is 35.1 Å². The summed E-state index contributed by atoms with van der Waals surface area (Å²) in [4.78, 5) is 14.6. The van der Waals surface area contributed by atoms with Gasteiger partial charge in [0.1, 0.15) is 5.37 Å². The van der Waals surface area contributed by atoms with Crippen LogP contribution in [0.5, 0.6) is 0 Å². The van der Waals surface area contributed by atoms with Gasteiger partial charge in [-0.25, -0.2) is 4.79 Å². The maximum Gasteiger partial charge on any atom is 0.323 e. The Kier molecular flexibility index (Phi) is 4.83. The molecule has 1 aliphatic rings. The maximum atomic E-state index is 12.7. The molecule has 0 unspecified atom stereocenters. The minimum absolute atomic E-state index is 0.0134. The standard InChI is InChI=1S/C18H19ClN2OS/c1-12-6-7-16(13(2)10-12)20-18(22)21-8-9-23-17(21)14-4-3-5-15(19)11-14/h3-7,10-11,17H,8-9H2,1-2H3,(H,20,22)/t17-/m1/s1. The van der Waals surface area contributed by atoms with Crippen molar-refractivity contribution in [2.75, 3.05) is 17.6 Å². The number of hydrogen-bond acceptors (Lipinski definition) is 2. The fraction of sp³-hybridized carbons (Fsp3) is 0.278. The van der Waals surface area contributed by atoms with E-state index in [9.17, 15) is 4.79 Å². The third kappa shape index (κ3) is 3.65. The van der Waals surface area contributed by atoms with Crippen molar-refractivity contribution in [3.63, 3.8) is 0 Å². The predicted octanol–water partition coefficient (Wildman–Crippen LogP) is 5.24. The molecule has 2 aromatic rings. The fourth-order valence-corrected chi connectivity index (χ4v) is 4.20. The summed E-state index contributed by atoms with van der Waals surface area (Å²) < 4.78 is 0. The molecule has 0 saturated carbocycles. The van der Waals surface area contributed by atoms with E-state index in [0.717, 1.165) is 29.1 Å². The number of carbonyl (C=O) groups is 1. The van der Waals surface area contributed by atoms with Gasteiger partial charge in [0.2, 0.25) is 0 Å². The summed E-state index contributed by atoms with van der Waals surface area (Å²) in [5.74, 6) is 0.928. The van der Waals surface area contributed by atoms with Gasteiger partial charge in [-0.1, -0.05) is 41.4 Å². The highest BCUT2D eigenvalue weighted by Crippen LogP contribution is 2.38. The van der Waals surface area contributed by atoms with E-state index in [1.807, 2.05) is 55.1 Å². The maximum absolute atomic E-state index is 12.7. The van der Waals surface area contributed by atoms with Gasteiger partial charge in [-0.15, -0.1) is 11.8 Å². The lowest BCUT2D eigenvalue weighted by Gasteiger charge is -2.25. The lowest BCUT2D eigenvalue weighted by atomic mass is 10.1. The van der Waals surface area contributed by atoms with E-state index in [1.54, 1.807) is 11.8 Å². The minimum atomic E-state index is -0.0630. The van der Waals surface area contributed by atoms with Crippen LogP contribution < -0.4 is 5.32 Å². The molecule has 0 spiro atoms. The summed E-state index contributed by atoms with van der Waals surface area (Å²) in [7, 11) is 0. The van der Waals surface area contributed by atoms with Crippen molar-refractivity contribution in [3.05, 3.63) is 64.2 Å². The van der Waals surface area contributed by atoms with Crippen molar-refractivity contribution < 1.29 is 4.79 Å². The van der Waals surface area contributed by atoms with Crippen LogP contribution in [0.15, 0.2) is 42.5 Å². The molecule has 2 amide bonds. The Bertz CT molecular complexity index is 735. The molecule has 0 aromatic heterocycles. The molecule has 3 nitrogen and oxygen atoms in total. The molecule has 23 heavy (non-hydrogen) atoms. The molecular formula is C18H19ClN2OS. The van der Waals surface area contributed by atoms with E-state index >= 15 is 0 Å². The second kappa shape index (κ2) is 6.85. The molecule has 0 aliphatic carbocycles. The first-order valence-corrected chi connectivity index (χ1v) is 8.99. The summed E-state index contributed by atoms with van der Waals surface area (Å²) in [5.41, 5.74) is 4.19. The molecular weight excluding hydrogens is 328 g/mol. The van der Waals surface area contributed by atoms with Gasteiger partial charge >= 0.3 is 6.03 Å². The molecule has 120 valence electrons. The summed E-state index contributed by atoms with van der Waals surface area (Å²) in [6.45, 7) is 4.79. The molecule has 2 aromatic carbocycles. The highest BCUT2D eigenvalue weighted by Gasteiger charge is 2.30. The number of amides is 2. The number of hydrogen-bond donors (Lipinski definition) is 1. The average molecular weight is 347 g/mol. The van der Waals surface area contributed by atoms with Gasteiger partial charge < -0.3 is 10.2 Å². The Labute approximate surface area is 146 Å². The van der Waals surface area contributed by atoms with Crippen molar-refractivity contribution in [2.45, 2.75) is 19.2 Å². The van der Waals surface area contributed by atoms with Crippen LogP contribution in [0.3, 0.4) is 0 Å². The van der Waals surface area contributed by atoms with E-state index < -0.39 is 0 Å². The zero-order chi connectivity index (χ0) is 16.4. The number of benzene rings is 2. The molecule has 1 N–H and O–H groups in total. The number of nitrogens with zero attached hydrogens (tertiary/aromatic N) is 1. The van der Waals surface area contributed by atoms with Crippen LogP contribution in [0, 0.1) is 13.8 Å². The van der Waals surface area contributed by atoms with E-state index in [4.69, 9.17) is 11.6 Å². The van der Waals surface area contributed by atoms with Gasteiger partial charge in [0.25, 0.3) is 0 Å². The average Bonchev–Trinajstić information content (AvgIpc) is 2.99. The van der Waals surface area contributed by atoms with Gasteiger partial charge in [0.05, 0.1) is 0 Å². The molecule has 1 heterocycles. The van der Waals surface area contributed by atoms with Gasteiger partial charge in [-0.2, -0.15) is 0 Å². The molecule has 1 saturated heterocycles. The minimum Gasteiger partial charge on any atom is -0.308 e. The highest BCUT2D eigenvalue weighted by atomic mass is 35.5. The number of nitrogens with one attached hydrogen (secondary N) is 1. The first-order chi connectivity index (χ1) is 11.0. The van der Waals surface area contributed by atoms with E-state index in [2.05, 4.69) is 11.4 Å². The molecule has 1 fully saturated rings. The zero-order valence-electron chi connectivity index (χ0n) is 13.2. The second-order valence-corrected chi connectivity index (χ2v) is 7.34. The molecule has 1 atom stereocenters. The third-order valence-electron chi connectivity index (χ3n) is 3.91. The van der Waals surface area contributed by atoms with Crippen LogP contribution >= 0.6 is 23.4 Å². The van der Waals surface area contributed by atoms with E-state index in [1.165, 1.54) is 5.56 Å². The van der Waals surface area contributed by atoms with Crippen LogP contribution in [0.1, 0.15) is 22.1 Å². The van der Waals surface area contributed by atoms with Gasteiger partial charge in [-0.05, 0) is 43.2 Å². The quantitative estimate of drug-likeness (QED) is 0.806. The molecule has 3 rings (SSSR count). The van der Waals surface area contributed by atoms with Crippen LogP contribution in [-0.2, 0) is 0 Å². The second-order valence-electron chi connectivity index (χ2n) is 5.72. The van der Waals surface area contributed by atoms with Crippen molar-refractivity contribution in [2.24, 2.45) is 0 Å². The smallest absolute Gasteiger partial charge is 0.308 e. The number of rotatable bonds is 2. The number of urea groups is 1. The SMILES string of the molecule is Cc1ccc(NC(=O)N2CCS[C@@H]2c2cccc(Cl)c2)c(C)c1. The predicted molar refractivity (Wildman–Crippen MR) is 98.3 cm³/mol. The topological polar surface area (TPSA) is 32.3 Å². The first kappa shape index (κ1) is 16.2. The van der Waals surface area contributed by atoms with Crippen LogP contribution in [-0.4, -0.2) is 23.2 Å². The first-order valence-electron chi connectivity index (χ1n) is 7.56. The largest absolute Gasteiger partial charge is 0.323 e. The summed E-state index contributed by atoms with van der Waals surface area (Å²) in [6, 6.07) is 13.7. The van der Waals surface area contributed by atoms with Crippen molar-refractivity contribution in [3.8, 4) is 0 Å². The zero-order valence-corrected chi connectivity index (χ0v) is 14.7. The summed E-state index contributed by atoms with van der Waals surface area (Å²) in [5, 5.41) is 3.75. The number of thioether (sulfide) groups is 1. The Morgan fingerprint density at radius 3 is 2.83 bits per heavy atom. The Morgan fingerprint density at radius 1 is 1.26 bits per heavy atom.